The van der Waals surface area contributed by atoms with E-state index in [1.54, 1.807) is 0 Å². The SMILES string of the molecule is NC(=O)C=C(N)CCCc1ccccc1. The summed E-state index contributed by atoms with van der Waals surface area (Å²) in [7, 11) is 0. The third kappa shape index (κ3) is 4.86. The summed E-state index contributed by atoms with van der Waals surface area (Å²) in [5.41, 5.74) is 12.4. The molecule has 0 bridgehead atoms. The lowest BCUT2D eigenvalue weighted by Gasteiger charge is -2.01. The molecule has 0 aliphatic carbocycles. The first kappa shape index (κ1) is 11.3. The average Bonchev–Trinajstić information content (AvgIpc) is 2.18. The molecule has 0 spiro atoms. The van der Waals surface area contributed by atoms with Crippen molar-refractivity contribution in [3.63, 3.8) is 0 Å². The Morgan fingerprint density at radius 2 is 1.87 bits per heavy atom. The lowest BCUT2D eigenvalue weighted by molar-refractivity contribution is -0.113. The van der Waals surface area contributed by atoms with Crippen LogP contribution in [-0.4, -0.2) is 5.91 Å². The van der Waals surface area contributed by atoms with E-state index in [9.17, 15) is 4.79 Å². The lowest BCUT2D eigenvalue weighted by atomic mass is 10.1. The predicted molar refractivity (Wildman–Crippen MR) is 60.8 cm³/mol. The molecule has 0 saturated heterocycles. The number of nitrogens with two attached hydrogens (primary N) is 2. The van der Waals surface area contributed by atoms with Gasteiger partial charge in [-0.1, -0.05) is 30.3 Å². The molecule has 80 valence electrons. The Balaban J connectivity index is 2.31. The number of carbonyl (C=O) groups excluding carboxylic acids is 1. The molecule has 0 unspecified atom stereocenters. The molecule has 1 aromatic carbocycles. The number of amides is 1. The molecule has 0 aliphatic heterocycles. The summed E-state index contributed by atoms with van der Waals surface area (Å²) in [6, 6.07) is 10.2. The first-order valence-corrected chi connectivity index (χ1v) is 4.98. The monoisotopic (exact) mass is 204 g/mol. The van der Waals surface area contributed by atoms with Gasteiger partial charge in [0.15, 0.2) is 0 Å². The second kappa shape index (κ2) is 5.86. The van der Waals surface area contributed by atoms with Crippen LogP contribution in [0.5, 0.6) is 0 Å². The second-order valence-electron chi connectivity index (χ2n) is 3.46. The van der Waals surface area contributed by atoms with Crippen LogP contribution in [-0.2, 0) is 11.2 Å². The van der Waals surface area contributed by atoms with Crippen LogP contribution in [0.2, 0.25) is 0 Å². The zero-order valence-corrected chi connectivity index (χ0v) is 8.65. The number of rotatable bonds is 5. The lowest BCUT2D eigenvalue weighted by Crippen LogP contribution is -2.10. The molecule has 0 atom stereocenters. The number of benzene rings is 1. The molecule has 0 heterocycles. The van der Waals surface area contributed by atoms with Gasteiger partial charge in [0.2, 0.25) is 5.91 Å². The Kier molecular flexibility index (Phi) is 4.41. The van der Waals surface area contributed by atoms with Crippen LogP contribution in [0.4, 0.5) is 0 Å². The van der Waals surface area contributed by atoms with Crippen molar-refractivity contribution >= 4 is 5.91 Å². The van der Waals surface area contributed by atoms with Gasteiger partial charge in [0, 0.05) is 11.8 Å². The highest BCUT2D eigenvalue weighted by Crippen LogP contribution is 2.06. The minimum atomic E-state index is -0.479. The average molecular weight is 204 g/mol. The van der Waals surface area contributed by atoms with Gasteiger partial charge in [-0.05, 0) is 24.8 Å². The minimum absolute atomic E-state index is 0.479. The number of allylic oxidation sites excluding steroid dienone is 1. The van der Waals surface area contributed by atoms with E-state index in [1.807, 2.05) is 18.2 Å². The van der Waals surface area contributed by atoms with E-state index in [4.69, 9.17) is 11.5 Å². The summed E-state index contributed by atoms with van der Waals surface area (Å²) >= 11 is 0. The van der Waals surface area contributed by atoms with Gasteiger partial charge >= 0.3 is 0 Å². The quantitative estimate of drug-likeness (QED) is 0.710. The standard InChI is InChI=1S/C12H16N2O/c13-11(9-12(14)15)8-4-7-10-5-2-1-3-6-10/h1-3,5-6,9H,4,7-8,13H2,(H2,14,15). The van der Waals surface area contributed by atoms with Crippen molar-refractivity contribution in [2.45, 2.75) is 19.3 Å². The molecule has 0 aliphatic rings. The van der Waals surface area contributed by atoms with Gasteiger partial charge in [-0.15, -0.1) is 0 Å². The molecule has 1 amide bonds. The van der Waals surface area contributed by atoms with Gasteiger partial charge in [0.1, 0.15) is 0 Å². The van der Waals surface area contributed by atoms with E-state index in [0.29, 0.717) is 12.1 Å². The molecule has 0 fully saturated rings. The number of hydrogen-bond acceptors (Lipinski definition) is 2. The normalized spacial score (nSPS) is 11.3. The van der Waals surface area contributed by atoms with E-state index >= 15 is 0 Å². The van der Waals surface area contributed by atoms with Crippen LogP contribution in [0.15, 0.2) is 42.1 Å². The van der Waals surface area contributed by atoms with E-state index in [2.05, 4.69) is 12.1 Å². The number of hydrogen-bond donors (Lipinski definition) is 2. The zero-order valence-electron chi connectivity index (χ0n) is 8.65. The van der Waals surface area contributed by atoms with Crippen LogP contribution in [0.1, 0.15) is 18.4 Å². The van der Waals surface area contributed by atoms with Crippen molar-refractivity contribution in [2.75, 3.05) is 0 Å². The fourth-order valence-electron chi connectivity index (χ4n) is 1.40. The molecule has 0 radical (unpaired) electrons. The maximum absolute atomic E-state index is 10.5. The Bertz CT molecular complexity index is 344. The Labute approximate surface area is 89.8 Å². The van der Waals surface area contributed by atoms with Gasteiger partial charge in [0.05, 0.1) is 0 Å². The van der Waals surface area contributed by atoms with Crippen molar-refractivity contribution in [3.05, 3.63) is 47.7 Å². The molecule has 3 nitrogen and oxygen atoms in total. The molecule has 0 aromatic heterocycles. The molecule has 0 saturated carbocycles. The van der Waals surface area contributed by atoms with Crippen molar-refractivity contribution in [1.82, 2.24) is 0 Å². The summed E-state index contributed by atoms with van der Waals surface area (Å²) in [4.78, 5) is 10.5. The largest absolute Gasteiger partial charge is 0.402 e. The van der Waals surface area contributed by atoms with Crippen LogP contribution in [0, 0.1) is 0 Å². The summed E-state index contributed by atoms with van der Waals surface area (Å²) in [5, 5.41) is 0. The van der Waals surface area contributed by atoms with Crippen LogP contribution in [0.25, 0.3) is 0 Å². The highest BCUT2D eigenvalue weighted by Gasteiger charge is 1.95. The maximum Gasteiger partial charge on any atom is 0.243 e. The van der Waals surface area contributed by atoms with Crippen LogP contribution in [0.3, 0.4) is 0 Å². The molecule has 3 heteroatoms. The van der Waals surface area contributed by atoms with Gasteiger partial charge in [0.25, 0.3) is 0 Å². The predicted octanol–water partition coefficient (Wildman–Crippen LogP) is 1.34. The summed E-state index contributed by atoms with van der Waals surface area (Å²) < 4.78 is 0. The number of aryl methyl sites for hydroxylation is 1. The number of primary amides is 1. The zero-order chi connectivity index (χ0) is 11.1. The first-order chi connectivity index (χ1) is 7.18. The smallest absolute Gasteiger partial charge is 0.243 e. The Morgan fingerprint density at radius 3 is 2.47 bits per heavy atom. The maximum atomic E-state index is 10.5. The van der Waals surface area contributed by atoms with Crippen molar-refractivity contribution in [1.29, 1.82) is 0 Å². The highest BCUT2D eigenvalue weighted by molar-refractivity contribution is 5.86. The number of carbonyl (C=O) groups is 1. The van der Waals surface area contributed by atoms with E-state index in [-0.39, 0.29) is 0 Å². The van der Waals surface area contributed by atoms with Gasteiger partial charge in [-0.25, -0.2) is 0 Å². The second-order valence-corrected chi connectivity index (χ2v) is 3.46. The van der Waals surface area contributed by atoms with E-state index < -0.39 is 5.91 Å². The molecule has 4 N–H and O–H groups in total. The van der Waals surface area contributed by atoms with Crippen molar-refractivity contribution in [2.24, 2.45) is 11.5 Å². The molecule has 15 heavy (non-hydrogen) atoms. The highest BCUT2D eigenvalue weighted by atomic mass is 16.1. The Hall–Kier alpha value is -1.77. The van der Waals surface area contributed by atoms with Gasteiger partial charge in [-0.3, -0.25) is 4.79 Å². The molecule has 1 aromatic rings. The fourth-order valence-corrected chi connectivity index (χ4v) is 1.40. The van der Waals surface area contributed by atoms with Gasteiger partial charge < -0.3 is 11.5 Å². The molecular weight excluding hydrogens is 188 g/mol. The van der Waals surface area contributed by atoms with Crippen molar-refractivity contribution < 1.29 is 4.79 Å². The van der Waals surface area contributed by atoms with Crippen molar-refractivity contribution in [3.8, 4) is 0 Å². The molecule has 1 rings (SSSR count). The third-order valence-electron chi connectivity index (χ3n) is 2.10. The summed E-state index contributed by atoms with van der Waals surface area (Å²) in [6.07, 6.45) is 3.89. The van der Waals surface area contributed by atoms with E-state index in [1.165, 1.54) is 11.6 Å². The summed E-state index contributed by atoms with van der Waals surface area (Å²) in [5.74, 6) is -0.479. The van der Waals surface area contributed by atoms with Crippen LogP contribution >= 0.6 is 0 Å². The fraction of sp³-hybridized carbons (Fsp3) is 0.250. The third-order valence-corrected chi connectivity index (χ3v) is 2.10. The molecular formula is C12H16N2O. The Morgan fingerprint density at radius 1 is 1.20 bits per heavy atom. The van der Waals surface area contributed by atoms with E-state index in [0.717, 1.165) is 12.8 Å². The topological polar surface area (TPSA) is 69.1 Å². The van der Waals surface area contributed by atoms with Gasteiger partial charge in [-0.2, -0.15) is 0 Å². The summed E-state index contributed by atoms with van der Waals surface area (Å²) in [6.45, 7) is 0. The minimum Gasteiger partial charge on any atom is -0.402 e. The van der Waals surface area contributed by atoms with Crippen LogP contribution < -0.4 is 11.5 Å². The first-order valence-electron chi connectivity index (χ1n) is 4.98.